The van der Waals surface area contributed by atoms with E-state index in [1.807, 2.05) is 4.90 Å². The number of rotatable bonds is 3. The predicted molar refractivity (Wildman–Crippen MR) is 90.9 cm³/mol. The van der Waals surface area contributed by atoms with Gasteiger partial charge in [0.25, 0.3) is 5.56 Å². The average molecular weight is 357 g/mol. The van der Waals surface area contributed by atoms with Crippen molar-refractivity contribution in [3.63, 3.8) is 0 Å². The van der Waals surface area contributed by atoms with Crippen LogP contribution in [0.3, 0.4) is 0 Å². The summed E-state index contributed by atoms with van der Waals surface area (Å²) in [5, 5.41) is 13.2. The smallest absolute Gasteiger partial charge is 0.341 e. The van der Waals surface area contributed by atoms with Crippen LogP contribution < -0.4 is 10.5 Å². The van der Waals surface area contributed by atoms with Crippen LogP contribution in [0.25, 0.3) is 5.65 Å². The van der Waals surface area contributed by atoms with Gasteiger partial charge in [0.1, 0.15) is 17.2 Å². The molecule has 9 heteroatoms. The molecule has 0 aromatic carbocycles. The minimum atomic E-state index is -1.11. The molecule has 26 heavy (non-hydrogen) atoms. The van der Waals surface area contributed by atoms with Crippen molar-refractivity contribution >= 4 is 17.4 Å². The van der Waals surface area contributed by atoms with Crippen molar-refractivity contribution in [2.75, 3.05) is 11.4 Å². The van der Waals surface area contributed by atoms with Gasteiger partial charge in [-0.1, -0.05) is 0 Å². The Morgan fingerprint density at radius 2 is 2.23 bits per heavy atom. The second-order valence-electron chi connectivity index (χ2n) is 6.30. The second-order valence-corrected chi connectivity index (χ2v) is 6.30. The number of carboxylic acids is 1. The molecule has 1 saturated heterocycles. The van der Waals surface area contributed by atoms with Crippen molar-refractivity contribution in [3.8, 4) is 0 Å². The largest absolute Gasteiger partial charge is 0.477 e. The summed E-state index contributed by atoms with van der Waals surface area (Å²) in [5.41, 5.74) is 0.357. The quantitative estimate of drug-likeness (QED) is 0.765. The van der Waals surface area contributed by atoms with Crippen LogP contribution in [-0.2, 0) is 7.05 Å². The summed E-state index contributed by atoms with van der Waals surface area (Å²) in [5.74, 6) is -1.04. The van der Waals surface area contributed by atoms with Crippen LogP contribution >= 0.6 is 0 Å². The molecule has 0 bridgehead atoms. The average Bonchev–Trinajstić information content (AvgIpc) is 3.24. The summed E-state index contributed by atoms with van der Waals surface area (Å²) >= 11 is 0. The fourth-order valence-electron chi connectivity index (χ4n) is 3.47. The Bertz CT molecular complexity index is 1070. The highest BCUT2D eigenvalue weighted by Gasteiger charge is 2.30. The molecule has 8 nitrogen and oxygen atoms in total. The number of hydrogen-bond acceptors (Lipinski definition) is 5. The maximum atomic E-state index is 13.8. The lowest BCUT2D eigenvalue weighted by Gasteiger charge is -2.26. The monoisotopic (exact) mass is 357 g/mol. The molecule has 4 rings (SSSR count). The molecule has 0 aliphatic carbocycles. The number of fused-ring (bicyclic) bond motifs is 1. The first-order valence-electron chi connectivity index (χ1n) is 8.16. The second kappa shape index (κ2) is 5.94. The van der Waals surface area contributed by atoms with Gasteiger partial charge in [-0.2, -0.15) is 5.10 Å². The molecule has 3 aromatic rings. The van der Waals surface area contributed by atoms with Gasteiger partial charge in [0, 0.05) is 31.5 Å². The zero-order valence-electron chi connectivity index (χ0n) is 14.0. The zero-order valence-corrected chi connectivity index (χ0v) is 14.0. The Labute approximate surface area is 147 Å². The molecule has 0 saturated carbocycles. The van der Waals surface area contributed by atoms with Crippen LogP contribution in [0.5, 0.6) is 0 Å². The molecule has 0 radical (unpaired) electrons. The molecule has 1 N–H and O–H groups in total. The van der Waals surface area contributed by atoms with Crippen molar-refractivity contribution in [2.45, 2.75) is 18.9 Å². The van der Waals surface area contributed by atoms with Gasteiger partial charge < -0.3 is 14.6 Å². The molecule has 4 heterocycles. The van der Waals surface area contributed by atoms with Crippen LogP contribution in [0.1, 0.15) is 34.8 Å². The van der Waals surface area contributed by atoms with Gasteiger partial charge in [0.2, 0.25) is 0 Å². The maximum absolute atomic E-state index is 13.8. The topological polar surface area (TPSA) is 92.7 Å². The van der Waals surface area contributed by atoms with Crippen LogP contribution in [0.2, 0.25) is 0 Å². The Hall–Kier alpha value is -3.23. The normalized spacial score (nSPS) is 17.2. The molecule has 1 unspecified atom stereocenters. The van der Waals surface area contributed by atoms with E-state index in [-0.39, 0.29) is 22.8 Å². The first-order valence-corrected chi connectivity index (χ1v) is 8.16. The van der Waals surface area contributed by atoms with Crippen molar-refractivity contribution in [1.29, 1.82) is 0 Å². The lowest BCUT2D eigenvalue weighted by Crippen LogP contribution is -2.31. The van der Waals surface area contributed by atoms with E-state index in [4.69, 9.17) is 0 Å². The van der Waals surface area contributed by atoms with E-state index in [2.05, 4.69) is 10.1 Å². The van der Waals surface area contributed by atoms with E-state index in [1.165, 1.54) is 28.4 Å². The molecule has 0 amide bonds. The maximum Gasteiger partial charge on any atom is 0.341 e. The van der Waals surface area contributed by atoms with Crippen molar-refractivity contribution in [2.24, 2.45) is 7.05 Å². The summed E-state index contributed by atoms with van der Waals surface area (Å²) < 4.78 is 16.5. The first kappa shape index (κ1) is 16.2. The van der Waals surface area contributed by atoms with Gasteiger partial charge in [-0.05, 0) is 25.0 Å². The van der Waals surface area contributed by atoms with E-state index in [0.29, 0.717) is 24.3 Å². The van der Waals surface area contributed by atoms with Gasteiger partial charge >= 0.3 is 5.97 Å². The number of pyridine rings is 1. The molecule has 134 valence electrons. The van der Waals surface area contributed by atoms with E-state index in [1.54, 1.807) is 12.3 Å². The van der Waals surface area contributed by atoms with Crippen LogP contribution in [0, 0.1) is 5.82 Å². The van der Waals surface area contributed by atoms with Gasteiger partial charge in [-0.25, -0.2) is 18.7 Å². The number of aryl methyl sites for hydroxylation is 1. The van der Waals surface area contributed by atoms with E-state index in [0.717, 1.165) is 12.6 Å². The van der Waals surface area contributed by atoms with Crippen molar-refractivity contribution < 1.29 is 14.3 Å². The van der Waals surface area contributed by atoms with Crippen LogP contribution in [0.4, 0.5) is 10.2 Å². The fraction of sp³-hybridized carbons (Fsp3) is 0.294. The molecular formula is C17H16FN5O3. The van der Waals surface area contributed by atoms with Gasteiger partial charge in [-0.3, -0.25) is 4.79 Å². The van der Waals surface area contributed by atoms with Crippen LogP contribution in [-0.4, -0.2) is 36.8 Å². The number of hydrogen-bond donors (Lipinski definition) is 1. The third-order valence-electron chi connectivity index (χ3n) is 4.67. The highest BCUT2D eigenvalue weighted by Crippen LogP contribution is 2.34. The van der Waals surface area contributed by atoms with Crippen molar-refractivity contribution in [1.82, 2.24) is 19.2 Å². The number of carbonyl (C=O) groups is 1. The van der Waals surface area contributed by atoms with Crippen molar-refractivity contribution in [3.05, 3.63) is 58.0 Å². The molecule has 1 fully saturated rings. The Morgan fingerprint density at radius 3 is 3.00 bits per heavy atom. The highest BCUT2D eigenvalue weighted by molar-refractivity contribution is 5.94. The molecule has 3 aromatic heterocycles. The Morgan fingerprint density at radius 1 is 1.42 bits per heavy atom. The molecular weight excluding hydrogens is 341 g/mol. The van der Waals surface area contributed by atoms with E-state index >= 15 is 0 Å². The number of aromatic carboxylic acids is 1. The Kier molecular flexibility index (Phi) is 3.71. The minimum absolute atomic E-state index is 0.00395. The number of anilines is 1. The Balaban J connectivity index is 1.80. The molecule has 1 atom stereocenters. The number of carboxylic acid groups (broad SMARTS) is 1. The lowest BCUT2D eigenvalue weighted by atomic mass is 10.1. The third-order valence-corrected chi connectivity index (χ3v) is 4.67. The summed E-state index contributed by atoms with van der Waals surface area (Å²) in [7, 11) is 1.52. The zero-order chi connectivity index (χ0) is 18.4. The number of aromatic nitrogens is 4. The summed E-state index contributed by atoms with van der Waals surface area (Å²) in [6, 6.07) is 2.68. The first-order chi connectivity index (χ1) is 12.5. The predicted octanol–water partition coefficient (Wildman–Crippen LogP) is 1.61. The minimum Gasteiger partial charge on any atom is -0.477 e. The number of nitrogens with zero attached hydrogens (tertiary/aromatic N) is 5. The fourth-order valence-corrected chi connectivity index (χ4v) is 3.47. The van der Waals surface area contributed by atoms with Crippen LogP contribution in [0.15, 0.2) is 35.5 Å². The van der Waals surface area contributed by atoms with Gasteiger partial charge in [0.05, 0.1) is 12.2 Å². The third kappa shape index (κ3) is 2.52. The lowest BCUT2D eigenvalue weighted by molar-refractivity contribution is 0.0698. The number of halogens is 1. The van der Waals surface area contributed by atoms with E-state index < -0.39 is 11.8 Å². The summed E-state index contributed by atoms with van der Waals surface area (Å²) in [6.07, 6.45) is 5.54. The summed E-state index contributed by atoms with van der Waals surface area (Å²) in [4.78, 5) is 30.1. The van der Waals surface area contributed by atoms with Gasteiger partial charge in [0.15, 0.2) is 5.65 Å². The molecule has 1 aliphatic rings. The standard InChI is InChI=1S/C17H16FN5O3/c1-21-9-10(18)7-11(16(21)24)13-3-2-5-22(13)14-4-6-23-15(20-14)12(8-19-23)17(25)26/h4,6-9,13H,2-3,5H2,1H3,(H,25,26). The summed E-state index contributed by atoms with van der Waals surface area (Å²) in [6.45, 7) is 0.643. The van der Waals surface area contributed by atoms with E-state index in [9.17, 15) is 19.1 Å². The highest BCUT2D eigenvalue weighted by atomic mass is 19.1. The van der Waals surface area contributed by atoms with Gasteiger partial charge in [-0.15, -0.1) is 0 Å². The molecule has 1 aliphatic heterocycles. The SMILES string of the molecule is Cn1cc(F)cc(C2CCCN2c2ccn3ncc(C(=O)O)c3n2)c1=O. The molecule has 0 spiro atoms.